The number of hydrogen-bond donors (Lipinski definition) is 1. The summed E-state index contributed by atoms with van der Waals surface area (Å²) in [6.45, 7) is 0. The first-order chi connectivity index (χ1) is 8.63. The molecule has 1 aromatic heterocycles. The second-order valence-electron chi connectivity index (χ2n) is 3.63. The van der Waals surface area contributed by atoms with Crippen LogP contribution >= 0.6 is 23.2 Å². The lowest BCUT2D eigenvalue weighted by Gasteiger charge is -2.03. The first-order valence-electron chi connectivity index (χ1n) is 5.01. The van der Waals surface area contributed by atoms with E-state index >= 15 is 0 Å². The van der Waals surface area contributed by atoms with E-state index in [1.807, 2.05) is 6.07 Å². The Morgan fingerprint density at radius 1 is 1.39 bits per heavy atom. The van der Waals surface area contributed by atoms with E-state index in [1.165, 1.54) is 6.20 Å². The van der Waals surface area contributed by atoms with Crippen LogP contribution in [-0.2, 0) is 6.42 Å². The molecule has 0 radical (unpaired) electrons. The van der Waals surface area contributed by atoms with Crippen LogP contribution in [0.1, 0.15) is 27.4 Å². The van der Waals surface area contributed by atoms with Crippen molar-refractivity contribution in [2.45, 2.75) is 6.42 Å². The molecule has 0 amide bonds. The monoisotopic (exact) mass is 279 g/mol. The number of nitrogens with zero attached hydrogens (tertiary/aromatic N) is 2. The van der Waals surface area contributed by atoms with Crippen molar-refractivity contribution < 1.29 is 4.79 Å². The molecule has 1 heterocycles. The smallest absolute Gasteiger partial charge is 0.167 e. The van der Waals surface area contributed by atoms with E-state index in [1.54, 1.807) is 12.1 Å². The maximum Gasteiger partial charge on any atom is 0.167 e. The van der Waals surface area contributed by atoms with Gasteiger partial charge < -0.3 is 4.98 Å². The highest BCUT2D eigenvalue weighted by Gasteiger charge is 2.09. The fraction of sp³-hybridized carbons (Fsp3) is 0.0833. The fourth-order valence-corrected chi connectivity index (χ4v) is 2.17. The standard InChI is InChI=1S/C12H7Cl2N3O/c13-10-1-7(2-11(14)9(10)4-15)3-12-16-5-8(6-18)17-12/h1-2,5-6H,3H2,(H,16,17). The second-order valence-corrected chi connectivity index (χ2v) is 4.44. The molecule has 2 rings (SSSR count). The third kappa shape index (κ3) is 2.53. The molecule has 0 bridgehead atoms. The van der Waals surface area contributed by atoms with E-state index < -0.39 is 0 Å². The zero-order valence-electron chi connectivity index (χ0n) is 9.08. The Balaban J connectivity index is 2.30. The van der Waals surface area contributed by atoms with Crippen molar-refractivity contribution in [3.05, 3.63) is 51.0 Å². The van der Waals surface area contributed by atoms with E-state index in [9.17, 15) is 4.79 Å². The Morgan fingerprint density at radius 2 is 2.06 bits per heavy atom. The van der Waals surface area contributed by atoms with Crippen molar-refractivity contribution >= 4 is 29.5 Å². The fourth-order valence-electron chi connectivity index (χ4n) is 1.56. The number of carbonyl (C=O) groups excluding carboxylic acids is 1. The molecule has 0 saturated carbocycles. The number of nitrogens with one attached hydrogen (secondary N) is 1. The summed E-state index contributed by atoms with van der Waals surface area (Å²) >= 11 is 11.9. The lowest BCUT2D eigenvalue weighted by Crippen LogP contribution is -1.93. The van der Waals surface area contributed by atoms with Crippen molar-refractivity contribution in [3.63, 3.8) is 0 Å². The zero-order chi connectivity index (χ0) is 13.1. The molecule has 0 fully saturated rings. The predicted octanol–water partition coefficient (Wildman–Crippen LogP) is 2.99. The molecule has 0 saturated heterocycles. The Hall–Kier alpha value is -1.83. The molecule has 1 N–H and O–H groups in total. The first-order valence-corrected chi connectivity index (χ1v) is 5.76. The summed E-state index contributed by atoms with van der Waals surface area (Å²) in [4.78, 5) is 17.4. The Morgan fingerprint density at radius 3 is 2.56 bits per heavy atom. The van der Waals surface area contributed by atoms with Gasteiger partial charge in [0.25, 0.3) is 0 Å². The maximum absolute atomic E-state index is 10.5. The number of halogens is 2. The van der Waals surface area contributed by atoms with Crippen molar-refractivity contribution in [3.8, 4) is 6.07 Å². The van der Waals surface area contributed by atoms with Crippen LogP contribution in [0, 0.1) is 11.3 Å². The van der Waals surface area contributed by atoms with Crippen molar-refractivity contribution in [1.29, 1.82) is 5.26 Å². The molecule has 0 unspecified atom stereocenters. The van der Waals surface area contributed by atoms with Crippen LogP contribution in [0.25, 0.3) is 0 Å². The molecule has 6 heteroatoms. The van der Waals surface area contributed by atoms with Gasteiger partial charge in [0.1, 0.15) is 11.9 Å². The topological polar surface area (TPSA) is 69.5 Å². The number of H-pyrrole nitrogens is 1. The number of hydrogen-bond acceptors (Lipinski definition) is 3. The molecule has 0 aliphatic carbocycles. The third-order valence-corrected chi connectivity index (χ3v) is 2.96. The number of benzene rings is 1. The molecule has 0 atom stereocenters. The summed E-state index contributed by atoms with van der Waals surface area (Å²) in [5, 5.41) is 9.45. The van der Waals surface area contributed by atoms with Crippen LogP contribution in [0.5, 0.6) is 0 Å². The summed E-state index contributed by atoms with van der Waals surface area (Å²) in [5.74, 6) is 0.633. The zero-order valence-corrected chi connectivity index (χ0v) is 10.6. The summed E-state index contributed by atoms with van der Waals surface area (Å²) in [6.07, 6.45) is 2.60. The van der Waals surface area contributed by atoms with Gasteiger partial charge in [-0.25, -0.2) is 4.98 Å². The highest BCUT2D eigenvalue weighted by molar-refractivity contribution is 6.36. The Labute approximate surface area is 113 Å². The Bertz CT molecular complexity index is 620. The van der Waals surface area contributed by atoms with E-state index in [-0.39, 0.29) is 5.56 Å². The van der Waals surface area contributed by atoms with Gasteiger partial charge in [0, 0.05) is 6.42 Å². The van der Waals surface area contributed by atoms with Gasteiger partial charge >= 0.3 is 0 Å². The normalized spacial score (nSPS) is 10.1. The van der Waals surface area contributed by atoms with Gasteiger partial charge in [0.05, 0.1) is 27.5 Å². The summed E-state index contributed by atoms with van der Waals surface area (Å²) in [6, 6.07) is 5.26. The molecule has 1 aromatic carbocycles. The third-order valence-electron chi connectivity index (χ3n) is 2.36. The Kier molecular flexibility index (Phi) is 3.66. The molecule has 90 valence electrons. The minimum atomic E-state index is 0.259. The van der Waals surface area contributed by atoms with Gasteiger partial charge in [-0.05, 0) is 17.7 Å². The van der Waals surface area contributed by atoms with E-state index in [0.29, 0.717) is 34.3 Å². The summed E-state index contributed by atoms with van der Waals surface area (Å²) in [5.41, 5.74) is 1.49. The average molecular weight is 280 g/mol. The van der Waals surface area contributed by atoms with Crippen LogP contribution in [0.2, 0.25) is 10.0 Å². The van der Waals surface area contributed by atoms with Crippen LogP contribution < -0.4 is 0 Å². The largest absolute Gasteiger partial charge is 0.340 e. The lowest BCUT2D eigenvalue weighted by molar-refractivity contribution is 0.111. The molecular formula is C12H7Cl2N3O. The van der Waals surface area contributed by atoms with Gasteiger partial charge in [0.15, 0.2) is 6.29 Å². The van der Waals surface area contributed by atoms with E-state index in [0.717, 1.165) is 5.56 Å². The van der Waals surface area contributed by atoms with Gasteiger partial charge in [-0.2, -0.15) is 5.26 Å². The number of aromatic nitrogens is 2. The first kappa shape index (κ1) is 12.6. The van der Waals surface area contributed by atoms with Gasteiger partial charge in [-0.3, -0.25) is 4.79 Å². The number of aldehydes is 1. The molecular weight excluding hydrogens is 273 g/mol. The van der Waals surface area contributed by atoms with Crippen LogP contribution in [-0.4, -0.2) is 16.3 Å². The lowest BCUT2D eigenvalue weighted by atomic mass is 10.1. The summed E-state index contributed by atoms with van der Waals surface area (Å²) < 4.78 is 0. The number of aromatic amines is 1. The molecule has 18 heavy (non-hydrogen) atoms. The van der Waals surface area contributed by atoms with E-state index in [2.05, 4.69) is 9.97 Å². The number of carbonyl (C=O) groups is 1. The molecule has 2 aromatic rings. The van der Waals surface area contributed by atoms with Crippen LogP contribution in [0.3, 0.4) is 0 Å². The minimum absolute atomic E-state index is 0.259. The highest BCUT2D eigenvalue weighted by atomic mass is 35.5. The van der Waals surface area contributed by atoms with Crippen molar-refractivity contribution in [2.75, 3.05) is 0 Å². The van der Waals surface area contributed by atoms with Gasteiger partial charge in [-0.1, -0.05) is 23.2 Å². The quantitative estimate of drug-likeness (QED) is 0.878. The molecule has 0 spiro atoms. The minimum Gasteiger partial charge on any atom is -0.340 e. The SMILES string of the molecule is N#Cc1c(Cl)cc(Cc2ncc(C=O)[nH]2)cc1Cl. The van der Waals surface area contributed by atoms with Gasteiger partial charge in [0.2, 0.25) is 0 Å². The molecule has 0 aliphatic rings. The van der Waals surface area contributed by atoms with Crippen molar-refractivity contribution in [1.82, 2.24) is 9.97 Å². The average Bonchev–Trinajstić information content (AvgIpc) is 2.76. The number of nitriles is 1. The number of rotatable bonds is 3. The maximum atomic E-state index is 10.5. The van der Waals surface area contributed by atoms with Crippen LogP contribution in [0.4, 0.5) is 0 Å². The predicted molar refractivity (Wildman–Crippen MR) is 68.0 cm³/mol. The number of imidazole rings is 1. The summed E-state index contributed by atoms with van der Waals surface area (Å²) in [7, 11) is 0. The highest BCUT2D eigenvalue weighted by Crippen LogP contribution is 2.26. The van der Waals surface area contributed by atoms with E-state index in [4.69, 9.17) is 28.5 Å². The van der Waals surface area contributed by atoms with Crippen molar-refractivity contribution in [2.24, 2.45) is 0 Å². The molecule has 4 nitrogen and oxygen atoms in total. The van der Waals surface area contributed by atoms with Crippen LogP contribution in [0.15, 0.2) is 18.3 Å². The second kappa shape index (κ2) is 5.21. The van der Waals surface area contributed by atoms with Gasteiger partial charge in [-0.15, -0.1) is 0 Å². The molecule has 0 aliphatic heterocycles.